The summed E-state index contributed by atoms with van der Waals surface area (Å²) >= 11 is 0. The van der Waals surface area contributed by atoms with Crippen LogP contribution in [0.1, 0.15) is 73.9 Å². The minimum atomic E-state index is -0.108. The Labute approximate surface area is 303 Å². The zero-order valence-corrected chi connectivity index (χ0v) is 28.7. The van der Waals surface area contributed by atoms with Crippen molar-refractivity contribution in [2.24, 2.45) is 0 Å². The third kappa shape index (κ3) is 4.23. The van der Waals surface area contributed by atoms with Crippen molar-refractivity contribution in [2.45, 2.75) is 24.7 Å². The molecule has 7 aromatic carbocycles. The van der Waals surface area contributed by atoms with Gasteiger partial charge in [-0.3, -0.25) is 0 Å². The van der Waals surface area contributed by atoms with E-state index in [1.54, 1.807) is 0 Å². The van der Waals surface area contributed by atoms with Crippen LogP contribution in [0.3, 0.4) is 0 Å². The summed E-state index contributed by atoms with van der Waals surface area (Å²) in [5, 5.41) is 0. The number of rotatable bonds is 4. The van der Waals surface area contributed by atoms with Crippen molar-refractivity contribution in [3.8, 4) is 44.8 Å². The topological polar surface area (TPSA) is 38.7 Å². The average molecular weight is 664 g/mol. The molecule has 3 aliphatic rings. The summed E-state index contributed by atoms with van der Waals surface area (Å²) in [7, 11) is 0. The fourth-order valence-corrected chi connectivity index (χ4v) is 9.26. The Balaban J connectivity index is 1.18. The van der Waals surface area contributed by atoms with E-state index in [4.69, 9.17) is 15.0 Å². The van der Waals surface area contributed by atoms with Crippen LogP contribution >= 0.6 is 0 Å². The van der Waals surface area contributed by atoms with Gasteiger partial charge < -0.3 is 0 Å². The molecule has 0 saturated heterocycles. The largest absolute Gasteiger partial charge is 0.216 e. The lowest BCUT2D eigenvalue weighted by Gasteiger charge is -2.21. The van der Waals surface area contributed by atoms with Crippen molar-refractivity contribution in [3.63, 3.8) is 0 Å². The maximum absolute atomic E-state index is 5.51. The Hall–Kier alpha value is -6.45. The van der Waals surface area contributed by atoms with Crippen molar-refractivity contribution in [1.82, 2.24) is 15.0 Å². The lowest BCUT2D eigenvalue weighted by Crippen LogP contribution is -2.14. The van der Waals surface area contributed by atoms with Gasteiger partial charge in [-0.2, -0.15) is 0 Å². The van der Waals surface area contributed by atoms with Crippen molar-refractivity contribution in [3.05, 3.63) is 220 Å². The first-order valence-corrected chi connectivity index (χ1v) is 18.1. The molecule has 0 radical (unpaired) electrons. The Morgan fingerprint density at radius 1 is 0.308 bits per heavy atom. The maximum Gasteiger partial charge on any atom is 0.163 e. The van der Waals surface area contributed by atoms with Crippen LogP contribution < -0.4 is 0 Å². The highest BCUT2D eigenvalue weighted by Gasteiger charge is 2.37. The number of aryl methyl sites for hydroxylation is 1. The predicted octanol–water partition coefficient (Wildman–Crippen LogP) is 11.3. The van der Waals surface area contributed by atoms with Gasteiger partial charge in [0.15, 0.2) is 5.82 Å². The van der Waals surface area contributed by atoms with Gasteiger partial charge in [0.2, 0.25) is 0 Å². The molecule has 1 atom stereocenters. The second kappa shape index (κ2) is 11.3. The molecule has 0 spiro atoms. The summed E-state index contributed by atoms with van der Waals surface area (Å²) in [6.45, 7) is 2.18. The molecular formula is C49H33N3. The van der Waals surface area contributed by atoms with Gasteiger partial charge in [-0.1, -0.05) is 169 Å². The summed E-state index contributed by atoms with van der Waals surface area (Å²) in [6.07, 6.45) is 0. The number of fused-ring (bicyclic) bond motifs is 9. The van der Waals surface area contributed by atoms with Crippen LogP contribution in [-0.2, 0) is 0 Å². The zero-order valence-electron chi connectivity index (χ0n) is 28.7. The van der Waals surface area contributed by atoms with E-state index in [0.717, 1.165) is 23.0 Å². The average Bonchev–Trinajstić information content (AvgIpc) is 3.83. The molecule has 8 aromatic rings. The van der Waals surface area contributed by atoms with Crippen LogP contribution in [0.25, 0.3) is 44.8 Å². The molecule has 0 fully saturated rings. The van der Waals surface area contributed by atoms with E-state index in [1.807, 2.05) is 0 Å². The molecule has 11 rings (SSSR count). The van der Waals surface area contributed by atoms with Gasteiger partial charge in [0.25, 0.3) is 0 Å². The molecule has 0 N–H and O–H groups in total. The van der Waals surface area contributed by atoms with Crippen LogP contribution in [0, 0.1) is 6.92 Å². The molecule has 244 valence electrons. The van der Waals surface area contributed by atoms with Crippen molar-refractivity contribution >= 4 is 0 Å². The number of aromatic nitrogens is 3. The van der Waals surface area contributed by atoms with E-state index in [-0.39, 0.29) is 17.8 Å². The van der Waals surface area contributed by atoms with Gasteiger partial charge in [0.05, 0.1) is 11.8 Å². The third-order valence-electron chi connectivity index (χ3n) is 11.4. The number of benzene rings is 7. The van der Waals surface area contributed by atoms with Crippen LogP contribution in [0.2, 0.25) is 0 Å². The molecule has 1 aromatic heterocycles. The van der Waals surface area contributed by atoms with E-state index >= 15 is 0 Å². The minimum Gasteiger partial charge on any atom is -0.216 e. The van der Waals surface area contributed by atoms with E-state index in [2.05, 4.69) is 171 Å². The van der Waals surface area contributed by atoms with Gasteiger partial charge in [0.1, 0.15) is 11.6 Å². The quantitative estimate of drug-likeness (QED) is 0.188. The minimum absolute atomic E-state index is 0.0625. The molecule has 3 heteroatoms. The summed E-state index contributed by atoms with van der Waals surface area (Å²) in [5.41, 5.74) is 18.7. The van der Waals surface area contributed by atoms with Gasteiger partial charge in [0, 0.05) is 11.5 Å². The second-order valence-electron chi connectivity index (χ2n) is 14.3. The highest BCUT2D eigenvalue weighted by molar-refractivity contribution is 5.84. The molecule has 3 nitrogen and oxygen atoms in total. The first kappa shape index (κ1) is 29.3. The van der Waals surface area contributed by atoms with Crippen LogP contribution in [0.4, 0.5) is 0 Å². The first-order valence-electron chi connectivity index (χ1n) is 18.1. The van der Waals surface area contributed by atoms with E-state index in [9.17, 15) is 0 Å². The normalized spacial score (nSPS) is 15.1. The Morgan fingerprint density at radius 2 is 0.635 bits per heavy atom. The van der Waals surface area contributed by atoms with E-state index < -0.39 is 0 Å². The molecule has 1 heterocycles. The molecule has 52 heavy (non-hydrogen) atoms. The predicted molar refractivity (Wildman–Crippen MR) is 208 cm³/mol. The van der Waals surface area contributed by atoms with E-state index in [0.29, 0.717) is 0 Å². The van der Waals surface area contributed by atoms with Gasteiger partial charge in [-0.05, 0) is 79.2 Å². The first-order chi connectivity index (χ1) is 25.7. The number of nitrogens with zero attached hydrogens (tertiary/aromatic N) is 3. The summed E-state index contributed by atoms with van der Waals surface area (Å²) in [5.74, 6) is 2.14. The van der Waals surface area contributed by atoms with E-state index in [1.165, 1.54) is 77.9 Å². The lowest BCUT2D eigenvalue weighted by molar-refractivity contribution is 0.777. The van der Waals surface area contributed by atoms with Crippen LogP contribution in [0.15, 0.2) is 164 Å². The van der Waals surface area contributed by atoms with Crippen molar-refractivity contribution in [1.29, 1.82) is 0 Å². The van der Waals surface area contributed by atoms with Crippen molar-refractivity contribution < 1.29 is 0 Å². The fraction of sp³-hybridized carbons (Fsp3) is 0.0816. The smallest absolute Gasteiger partial charge is 0.163 e. The standard InChI is InChI=1S/C49H33N3/c1-29-26-27-41-43(28-29)34-18-6-7-19-35(34)44(41)40-24-12-13-25-42(40)47-50-48(45-36-20-8-2-14-30(36)31-15-3-9-21-37(31)45)52-49(51-47)46-38-22-10-4-16-32(38)33-17-5-11-23-39(33)46/h2-28,44-46H,1H3. The summed E-state index contributed by atoms with van der Waals surface area (Å²) in [4.78, 5) is 16.5. The number of hydrogen-bond donors (Lipinski definition) is 0. The molecule has 0 amide bonds. The molecule has 0 aliphatic heterocycles. The molecule has 3 aliphatic carbocycles. The lowest BCUT2D eigenvalue weighted by atomic mass is 9.86. The molecule has 0 bridgehead atoms. The fourth-order valence-electron chi connectivity index (χ4n) is 9.26. The monoisotopic (exact) mass is 663 g/mol. The Kier molecular flexibility index (Phi) is 6.35. The van der Waals surface area contributed by atoms with Gasteiger partial charge in [-0.15, -0.1) is 0 Å². The molecule has 1 unspecified atom stereocenters. The second-order valence-corrected chi connectivity index (χ2v) is 14.3. The Bertz CT molecular complexity index is 2540. The van der Waals surface area contributed by atoms with Crippen molar-refractivity contribution in [2.75, 3.05) is 0 Å². The SMILES string of the molecule is Cc1ccc2c(c1)-c1ccccc1C2c1ccccc1-c1nc(C2c3ccccc3-c3ccccc32)nc(C2c3ccccc3-c3ccccc32)n1. The van der Waals surface area contributed by atoms with Crippen LogP contribution in [0.5, 0.6) is 0 Å². The highest BCUT2D eigenvalue weighted by atomic mass is 15.0. The van der Waals surface area contributed by atoms with Crippen LogP contribution in [-0.4, -0.2) is 15.0 Å². The van der Waals surface area contributed by atoms with Gasteiger partial charge >= 0.3 is 0 Å². The highest BCUT2D eigenvalue weighted by Crippen LogP contribution is 2.52. The number of hydrogen-bond acceptors (Lipinski definition) is 3. The zero-order chi connectivity index (χ0) is 34.3. The summed E-state index contributed by atoms with van der Waals surface area (Å²) < 4.78 is 0. The Morgan fingerprint density at radius 3 is 1.08 bits per heavy atom. The molecular weight excluding hydrogens is 631 g/mol. The maximum atomic E-state index is 5.51. The van der Waals surface area contributed by atoms with Gasteiger partial charge in [-0.25, -0.2) is 15.0 Å². The molecule has 0 saturated carbocycles. The summed E-state index contributed by atoms with van der Waals surface area (Å²) in [6, 6.07) is 59.5. The third-order valence-corrected chi connectivity index (χ3v) is 11.4.